The van der Waals surface area contributed by atoms with E-state index in [9.17, 15) is 14.7 Å². The Bertz CT molecular complexity index is 665. The number of ether oxygens (including phenoxy) is 1. The average Bonchev–Trinajstić information content (AvgIpc) is 3.08. The molecule has 0 saturated carbocycles. The zero-order valence-electron chi connectivity index (χ0n) is 11.5. The fraction of sp³-hybridized carbons (Fsp3) is 0.375. The third kappa shape index (κ3) is 1.55. The molecule has 3 aliphatic rings. The lowest BCUT2D eigenvalue weighted by Gasteiger charge is -2.24. The topological polar surface area (TPSA) is 69.7 Å². The van der Waals surface area contributed by atoms with Crippen LogP contribution in [-0.2, 0) is 14.3 Å². The van der Waals surface area contributed by atoms with E-state index in [2.05, 4.69) is 0 Å². The summed E-state index contributed by atoms with van der Waals surface area (Å²) in [5.74, 6) is -2.98. The molecule has 0 N–H and O–H groups in total. The molecular weight excluding hydrogens is 270 g/mol. The molecule has 3 aliphatic heterocycles. The lowest BCUT2D eigenvalue weighted by atomic mass is 9.77. The van der Waals surface area contributed by atoms with Gasteiger partial charge in [0.2, 0.25) is 5.91 Å². The predicted octanol–water partition coefficient (Wildman–Crippen LogP) is 0.0313. The fourth-order valence-corrected chi connectivity index (χ4v) is 3.71. The number of aliphatic carboxylic acids is 1. The number of carbonyl (C=O) groups excluding carboxylic acids is 2. The molecule has 2 bridgehead atoms. The molecule has 0 radical (unpaired) electrons. The van der Waals surface area contributed by atoms with E-state index in [4.69, 9.17) is 4.74 Å². The van der Waals surface area contributed by atoms with Crippen LogP contribution in [0.25, 0.3) is 0 Å². The molecule has 2 saturated heterocycles. The van der Waals surface area contributed by atoms with E-state index in [0.717, 1.165) is 11.3 Å². The number of aryl methyl sites for hydroxylation is 1. The van der Waals surface area contributed by atoms with Crippen molar-refractivity contribution in [1.82, 2.24) is 0 Å². The Morgan fingerprint density at radius 1 is 1.38 bits per heavy atom. The second kappa shape index (κ2) is 3.95. The molecule has 5 heteroatoms. The minimum absolute atomic E-state index is 0.195. The number of rotatable bonds is 2. The molecule has 1 spiro atoms. The molecular formula is C16H14NO4-. The van der Waals surface area contributed by atoms with E-state index in [-0.39, 0.29) is 5.91 Å². The Morgan fingerprint density at radius 3 is 2.76 bits per heavy atom. The molecule has 3 heterocycles. The van der Waals surface area contributed by atoms with Crippen LogP contribution in [0.15, 0.2) is 36.4 Å². The molecule has 0 aromatic heterocycles. The van der Waals surface area contributed by atoms with Gasteiger partial charge in [0.15, 0.2) is 0 Å². The van der Waals surface area contributed by atoms with Gasteiger partial charge in [-0.2, -0.15) is 0 Å². The second-order valence-corrected chi connectivity index (χ2v) is 5.98. The molecule has 0 unspecified atom stereocenters. The van der Waals surface area contributed by atoms with Gasteiger partial charge in [-0.3, -0.25) is 4.79 Å². The van der Waals surface area contributed by atoms with Gasteiger partial charge < -0.3 is 19.5 Å². The first-order valence-corrected chi connectivity index (χ1v) is 6.98. The summed E-state index contributed by atoms with van der Waals surface area (Å²) < 4.78 is 5.81. The highest BCUT2D eigenvalue weighted by molar-refractivity contribution is 6.02. The summed E-state index contributed by atoms with van der Waals surface area (Å²) in [5.41, 5.74) is 1.07. The van der Waals surface area contributed by atoms with Crippen LogP contribution in [0.2, 0.25) is 0 Å². The van der Waals surface area contributed by atoms with Gasteiger partial charge in [0.1, 0.15) is 5.60 Å². The van der Waals surface area contributed by atoms with Crippen molar-refractivity contribution in [2.75, 3.05) is 11.4 Å². The van der Waals surface area contributed by atoms with Gasteiger partial charge in [-0.1, -0.05) is 29.8 Å². The monoisotopic (exact) mass is 284 g/mol. The van der Waals surface area contributed by atoms with Gasteiger partial charge in [0, 0.05) is 17.6 Å². The molecule has 1 aromatic rings. The van der Waals surface area contributed by atoms with Gasteiger partial charge in [-0.25, -0.2) is 0 Å². The van der Waals surface area contributed by atoms with E-state index in [1.54, 1.807) is 11.0 Å². The molecule has 4 atom stereocenters. The Hall–Kier alpha value is -2.14. The number of hydrogen-bond donors (Lipinski definition) is 0. The molecule has 4 rings (SSSR count). The number of carbonyl (C=O) groups is 2. The number of amides is 1. The van der Waals surface area contributed by atoms with E-state index >= 15 is 0 Å². The number of carboxylic acid groups (broad SMARTS) is 1. The lowest BCUT2D eigenvalue weighted by molar-refractivity contribution is -0.313. The van der Waals surface area contributed by atoms with Crippen molar-refractivity contribution in [3.8, 4) is 0 Å². The van der Waals surface area contributed by atoms with Crippen molar-refractivity contribution in [2.45, 2.75) is 18.6 Å². The highest BCUT2D eigenvalue weighted by atomic mass is 16.5. The van der Waals surface area contributed by atoms with Crippen molar-refractivity contribution < 1.29 is 19.4 Å². The smallest absolute Gasteiger partial charge is 0.234 e. The summed E-state index contributed by atoms with van der Waals surface area (Å²) in [6, 6.07) is 7.60. The third-order valence-electron chi connectivity index (χ3n) is 4.72. The minimum Gasteiger partial charge on any atom is -0.550 e. The summed E-state index contributed by atoms with van der Waals surface area (Å²) in [6.45, 7) is 2.33. The average molecular weight is 284 g/mol. The molecule has 2 fully saturated rings. The molecule has 0 aliphatic carbocycles. The summed E-state index contributed by atoms with van der Waals surface area (Å²) in [4.78, 5) is 25.7. The van der Waals surface area contributed by atoms with Gasteiger partial charge in [-0.15, -0.1) is 0 Å². The summed E-state index contributed by atoms with van der Waals surface area (Å²) in [5, 5.41) is 11.4. The first-order valence-electron chi connectivity index (χ1n) is 6.98. The Labute approximate surface area is 121 Å². The number of nitrogens with zero attached hydrogens (tertiary/aromatic N) is 1. The second-order valence-electron chi connectivity index (χ2n) is 5.98. The first kappa shape index (κ1) is 12.6. The summed E-state index contributed by atoms with van der Waals surface area (Å²) in [6.07, 6.45) is 3.04. The highest BCUT2D eigenvalue weighted by Gasteiger charge is 2.65. The van der Waals surface area contributed by atoms with Crippen molar-refractivity contribution in [1.29, 1.82) is 0 Å². The van der Waals surface area contributed by atoms with Crippen molar-refractivity contribution in [3.05, 3.63) is 42.0 Å². The maximum absolute atomic E-state index is 12.7. The standard InChI is InChI=1S/C16H15NO4/c1-9-2-4-10(5-3-9)17-8-16-7-6-11(21-16)12(15(19)20)13(16)14(17)18/h2-7,11-13H,8H2,1H3,(H,19,20)/p-1/t11-,12+,13+,16-/m1/s1. The van der Waals surface area contributed by atoms with E-state index in [1.165, 1.54) is 0 Å². The minimum atomic E-state index is -1.21. The molecule has 5 nitrogen and oxygen atoms in total. The molecule has 1 amide bonds. The van der Waals surface area contributed by atoms with Crippen molar-refractivity contribution in [2.24, 2.45) is 11.8 Å². The number of hydrogen-bond acceptors (Lipinski definition) is 4. The molecule has 1 aromatic carbocycles. The van der Waals surface area contributed by atoms with Gasteiger partial charge in [0.25, 0.3) is 0 Å². The summed E-state index contributed by atoms with van der Waals surface area (Å²) in [7, 11) is 0. The van der Waals surface area contributed by atoms with Crippen LogP contribution in [-0.4, -0.2) is 30.1 Å². The van der Waals surface area contributed by atoms with Crippen molar-refractivity contribution >= 4 is 17.6 Å². The maximum atomic E-state index is 12.7. The quantitative estimate of drug-likeness (QED) is 0.719. The van der Waals surface area contributed by atoms with Crippen LogP contribution < -0.4 is 10.0 Å². The number of benzene rings is 1. The largest absolute Gasteiger partial charge is 0.550 e. The Morgan fingerprint density at radius 2 is 2.10 bits per heavy atom. The van der Waals surface area contributed by atoms with Crippen molar-refractivity contribution in [3.63, 3.8) is 0 Å². The molecule has 21 heavy (non-hydrogen) atoms. The first-order chi connectivity index (χ1) is 10.0. The highest BCUT2D eigenvalue weighted by Crippen LogP contribution is 2.52. The number of carboxylic acids is 1. The summed E-state index contributed by atoms with van der Waals surface area (Å²) >= 11 is 0. The predicted molar refractivity (Wildman–Crippen MR) is 72.3 cm³/mol. The Balaban J connectivity index is 1.73. The van der Waals surface area contributed by atoms with Gasteiger partial charge >= 0.3 is 0 Å². The zero-order chi connectivity index (χ0) is 14.8. The van der Waals surface area contributed by atoms with E-state index in [0.29, 0.717) is 6.54 Å². The lowest BCUT2D eigenvalue weighted by Crippen LogP contribution is -2.45. The Kier molecular flexibility index (Phi) is 2.37. The SMILES string of the molecule is Cc1ccc(N2C[C@@]34C=C[C@@H](O3)[C@H](C(=O)[O-])[C@H]4C2=O)cc1. The number of fused-ring (bicyclic) bond motifs is 1. The van der Waals surface area contributed by atoms with Gasteiger partial charge in [-0.05, 0) is 19.1 Å². The third-order valence-corrected chi connectivity index (χ3v) is 4.72. The van der Waals surface area contributed by atoms with Crippen LogP contribution in [0.1, 0.15) is 5.56 Å². The fourth-order valence-electron chi connectivity index (χ4n) is 3.71. The normalized spacial score (nSPS) is 36.3. The van der Waals surface area contributed by atoms with E-state index < -0.39 is 29.5 Å². The molecule has 108 valence electrons. The van der Waals surface area contributed by atoms with Crippen LogP contribution in [0.3, 0.4) is 0 Å². The van der Waals surface area contributed by atoms with E-state index in [1.807, 2.05) is 37.3 Å². The van der Waals surface area contributed by atoms with Crippen LogP contribution >= 0.6 is 0 Å². The number of anilines is 1. The van der Waals surface area contributed by atoms with Crippen LogP contribution in [0, 0.1) is 18.8 Å². The van der Waals surface area contributed by atoms with Gasteiger partial charge in [0.05, 0.1) is 18.6 Å². The van der Waals surface area contributed by atoms with Crippen LogP contribution in [0.4, 0.5) is 5.69 Å². The van der Waals surface area contributed by atoms with Crippen LogP contribution in [0.5, 0.6) is 0 Å². The zero-order valence-corrected chi connectivity index (χ0v) is 11.5. The maximum Gasteiger partial charge on any atom is 0.234 e.